The Morgan fingerprint density at radius 1 is 1.14 bits per heavy atom. The van der Waals surface area contributed by atoms with Crippen LogP contribution in [0.1, 0.15) is 12.8 Å². The summed E-state index contributed by atoms with van der Waals surface area (Å²) in [7, 11) is 4.07. The lowest BCUT2D eigenvalue weighted by Crippen LogP contribution is -2.67. The molecule has 0 saturated carbocycles. The summed E-state index contributed by atoms with van der Waals surface area (Å²) in [6.45, 7) is -0.313. The molecule has 0 aliphatic carbocycles. The summed E-state index contributed by atoms with van der Waals surface area (Å²) >= 11 is 0. The second kappa shape index (κ2) is 8.84. The number of alkyl halides is 2. The van der Waals surface area contributed by atoms with Crippen LogP contribution in [0, 0.1) is 0 Å². The van der Waals surface area contributed by atoms with Gasteiger partial charge in [-0.25, -0.2) is 9.97 Å². The largest absolute Gasteiger partial charge is 0.433 e. The van der Waals surface area contributed by atoms with Gasteiger partial charge in [-0.2, -0.15) is 8.78 Å². The molecule has 192 valence electrons. The summed E-state index contributed by atoms with van der Waals surface area (Å²) in [4.78, 5) is 17.9. The third-order valence-corrected chi connectivity index (χ3v) is 7.52. The second-order valence-electron chi connectivity index (χ2n) is 9.81. The van der Waals surface area contributed by atoms with Gasteiger partial charge in [-0.05, 0) is 50.7 Å². The molecular weight excluding hydrogens is 478 g/mol. The van der Waals surface area contributed by atoms with Gasteiger partial charge in [-0.1, -0.05) is 0 Å². The van der Waals surface area contributed by atoms with E-state index in [1.165, 1.54) is 0 Å². The Bertz CT molecular complexity index is 1470. The van der Waals surface area contributed by atoms with Crippen LogP contribution in [0.3, 0.4) is 0 Å². The average molecular weight is 507 g/mol. The highest BCUT2D eigenvalue weighted by Gasteiger charge is 2.49. The van der Waals surface area contributed by atoms with E-state index in [1.807, 2.05) is 29.9 Å². The number of anilines is 4. The maximum Gasteiger partial charge on any atom is 0.387 e. The fourth-order valence-corrected chi connectivity index (χ4v) is 5.55. The SMILES string of the molecule is CN1CCCC12CN(c1cc(OC(F)F)c(Nc3nccc(-c4cn(C)c5cccnc45)n3)cc1N)C2. The second-order valence-corrected chi connectivity index (χ2v) is 9.81. The summed E-state index contributed by atoms with van der Waals surface area (Å²) < 4.78 is 33.6. The molecule has 2 saturated heterocycles. The van der Waals surface area contributed by atoms with E-state index in [-0.39, 0.29) is 22.9 Å². The van der Waals surface area contributed by atoms with Gasteiger partial charge in [0.1, 0.15) is 0 Å². The van der Waals surface area contributed by atoms with Crippen LogP contribution < -0.4 is 20.7 Å². The van der Waals surface area contributed by atoms with Crippen molar-refractivity contribution in [3.63, 3.8) is 0 Å². The Morgan fingerprint density at radius 3 is 2.73 bits per heavy atom. The van der Waals surface area contributed by atoms with Crippen molar-refractivity contribution < 1.29 is 13.5 Å². The molecule has 3 N–H and O–H groups in total. The number of pyridine rings is 1. The monoisotopic (exact) mass is 506 g/mol. The number of likely N-dealkylation sites (N-methyl/N-ethyl adjacent to an activating group) is 1. The molecule has 11 heteroatoms. The van der Waals surface area contributed by atoms with Crippen molar-refractivity contribution in [3.05, 3.63) is 48.9 Å². The predicted octanol–water partition coefficient (Wildman–Crippen LogP) is 4.24. The Labute approximate surface area is 212 Å². The van der Waals surface area contributed by atoms with Crippen molar-refractivity contribution in [1.82, 2.24) is 24.4 Å². The van der Waals surface area contributed by atoms with Crippen LogP contribution in [0.25, 0.3) is 22.3 Å². The molecule has 6 rings (SSSR count). The van der Waals surface area contributed by atoms with Gasteiger partial charge in [-0.3, -0.25) is 9.88 Å². The number of nitrogens with two attached hydrogens (primary N) is 1. The molecule has 0 radical (unpaired) electrons. The third kappa shape index (κ3) is 4.08. The van der Waals surface area contributed by atoms with Gasteiger partial charge in [0.15, 0.2) is 5.75 Å². The molecule has 0 atom stereocenters. The van der Waals surface area contributed by atoms with Crippen molar-refractivity contribution in [2.24, 2.45) is 7.05 Å². The van der Waals surface area contributed by atoms with Crippen LogP contribution in [0.2, 0.25) is 0 Å². The van der Waals surface area contributed by atoms with Crippen LogP contribution in [-0.4, -0.2) is 63.3 Å². The van der Waals surface area contributed by atoms with Crippen LogP contribution in [-0.2, 0) is 7.05 Å². The number of nitrogens with one attached hydrogen (secondary N) is 1. The van der Waals surface area contributed by atoms with Crippen molar-refractivity contribution >= 4 is 34.0 Å². The van der Waals surface area contributed by atoms with Gasteiger partial charge in [0.25, 0.3) is 0 Å². The first-order chi connectivity index (χ1) is 17.8. The molecule has 2 aliphatic heterocycles. The Morgan fingerprint density at radius 2 is 1.97 bits per heavy atom. The van der Waals surface area contributed by atoms with Crippen molar-refractivity contribution in [1.29, 1.82) is 0 Å². The van der Waals surface area contributed by atoms with Crippen LogP contribution in [0.5, 0.6) is 5.75 Å². The third-order valence-electron chi connectivity index (χ3n) is 7.52. The molecule has 1 spiro atoms. The highest BCUT2D eigenvalue weighted by Crippen LogP contribution is 2.44. The van der Waals surface area contributed by atoms with E-state index in [0.717, 1.165) is 49.1 Å². The van der Waals surface area contributed by atoms with Crippen molar-refractivity contribution in [3.8, 4) is 17.0 Å². The van der Waals surface area contributed by atoms with Gasteiger partial charge in [-0.15, -0.1) is 0 Å². The molecule has 37 heavy (non-hydrogen) atoms. The fourth-order valence-electron chi connectivity index (χ4n) is 5.55. The minimum absolute atomic E-state index is 0.0132. The van der Waals surface area contributed by atoms with Crippen LogP contribution in [0.15, 0.2) is 48.9 Å². The molecule has 0 amide bonds. The molecule has 0 unspecified atom stereocenters. The van der Waals surface area contributed by atoms with Crippen LogP contribution in [0.4, 0.5) is 31.8 Å². The maximum absolute atomic E-state index is 13.4. The number of hydrogen-bond donors (Lipinski definition) is 2. The summed E-state index contributed by atoms with van der Waals surface area (Å²) in [6.07, 6.45) is 7.57. The smallest absolute Gasteiger partial charge is 0.387 e. The Kier molecular flexibility index (Phi) is 5.59. The number of nitrogen functional groups attached to an aromatic ring is 1. The summed E-state index contributed by atoms with van der Waals surface area (Å²) in [6, 6.07) is 8.82. The standard InChI is InChI=1S/C26H28F2N8O/c1-34-13-16(23-20(34)5-3-8-30-23)18-6-9-31-25(32-18)33-19-11-17(29)21(12-22(19)37-24(27)28)36-14-26(15-36)7-4-10-35(26)2/h3,5-6,8-9,11-13,24H,4,7,10,14-15,29H2,1-2H3,(H,31,32,33). The highest BCUT2D eigenvalue weighted by atomic mass is 19.3. The Hall–Kier alpha value is -3.99. The van der Waals surface area contributed by atoms with Gasteiger partial charge >= 0.3 is 6.61 Å². The summed E-state index contributed by atoms with van der Waals surface area (Å²) in [5.41, 5.74) is 11.2. The molecule has 0 bridgehead atoms. The van der Waals surface area contributed by atoms with E-state index >= 15 is 0 Å². The molecule has 9 nitrogen and oxygen atoms in total. The molecular formula is C26H28F2N8O. The number of aromatic nitrogens is 4. The number of ether oxygens (including phenoxy) is 1. The number of aryl methyl sites for hydroxylation is 1. The lowest BCUT2D eigenvalue weighted by Gasteiger charge is -2.53. The fraction of sp³-hybridized carbons (Fsp3) is 0.346. The lowest BCUT2D eigenvalue weighted by atomic mass is 9.86. The molecule has 5 heterocycles. The highest BCUT2D eigenvalue weighted by molar-refractivity contribution is 5.92. The van der Waals surface area contributed by atoms with E-state index < -0.39 is 6.61 Å². The van der Waals surface area contributed by atoms with E-state index in [1.54, 1.807) is 30.6 Å². The first-order valence-electron chi connectivity index (χ1n) is 12.2. The van der Waals surface area contributed by atoms with E-state index in [4.69, 9.17) is 10.5 Å². The zero-order valence-electron chi connectivity index (χ0n) is 20.7. The lowest BCUT2D eigenvalue weighted by molar-refractivity contribution is -0.0493. The number of nitrogens with zero attached hydrogens (tertiary/aromatic N) is 6. The minimum Gasteiger partial charge on any atom is -0.433 e. The topological polar surface area (TPSA) is 97.4 Å². The number of hydrogen-bond acceptors (Lipinski definition) is 8. The number of likely N-dealkylation sites (tertiary alicyclic amines) is 1. The van der Waals surface area contributed by atoms with Crippen LogP contribution >= 0.6 is 0 Å². The van der Waals surface area contributed by atoms with E-state index in [2.05, 4.69) is 37.1 Å². The van der Waals surface area contributed by atoms with Gasteiger partial charge in [0, 0.05) is 50.4 Å². The molecule has 2 aliphatic rings. The first-order valence-corrected chi connectivity index (χ1v) is 12.2. The molecule has 3 aromatic heterocycles. The number of fused-ring (bicyclic) bond motifs is 1. The predicted molar refractivity (Wildman–Crippen MR) is 139 cm³/mol. The number of rotatable bonds is 6. The molecule has 1 aromatic carbocycles. The van der Waals surface area contributed by atoms with Crippen molar-refractivity contribution in [2.75, 3.05) is 42.6 Å². The van der Waals surface area contributed by atoms with E-state index in [0.29, 0.717) is 17.1 Å². The summed E-state index contributed by atoms with van der Waals surface area (Å²) in [5, 5.41) is 3.03. The van der Waals surface area contributed by atoms with E-state index in [9.17, 15) is 8.78 Å². The molecule has 2 fully saturated rings. The average Bonchev–Trinajstić information content (AvgIpc) is 3.40. The summed E-state index contributed by atoms with van der Waals surface area (Å²) in [5.74, 6) is 0.216. The minimum atomic E-state index is -2.99. The van der Waals surface area contributed by atoms with Gasteiger partial charge in [0.05, 0.1) is 39.3 Å². The van der Waals surface area contributed by atoms with Gasteiger partial charge < -0.3 is 25.3 Å². The zero-order valence-corrected chi connectivity index (χ0v) is 20.7. The quantitative estimate of drug-likeness (QED) is 0.375. The first kappa shape index (κ1) is 23.4. The number of benzene rings is 1. The number of halogens is 2. The van der Waals surface area contributed by atoms with Gasteiger partial charge in [0.2, 0.25) is 5.95 Å². The van der Waals surface area contributed by atoms with Crippen molar-refractivity contribution in [2.45, 2.75) is 25.0 Å². The zero-order chi connectivity index (χ0) is 25.7. The maximum atomic E-state index is 13.4. The normalized spacial score (nSPS) is 17.1. The molecule has 4 aromatic rings. The Balaban J connectivity index is 1.30.